The van der Waals surface area contributed by atoms with Crippen molar-refractivity contribution in [3.05, 3.63) is 174 Å². The minimum absolute atomic E-state index is 0.576. The minimum atomic E-state index is 0.576. The topological polar surface area (TPSA) is 61.8 Å². The summed E-state index contributed by atoms with van der Waals surface area (Å²) in [6.45, 7) is 7.69. The third kappa shape index (κ3) is 4.31. The average Bonchev–Trinajstić information content (AvgIpc) is 3.69. The maximum Gasteiger partial charge on any atom is 0.189 e. The Morgan fingerprint density at radius 1 is 0.480 bits per heavy atom. The molecule has 0 N–H and O–H groups in total. The Morgan fingerprint density at radius 3 is 1.94 bits per heavy atom. The molecular weight excluding hydrogens is 611 g/mol. The molecule has 5 heteroatoms. The van der Waals surface area contributed by atoms with Crippen LogP contribution in [0.15, 0.2) is 152 Å². The van der Waals surface area contributed by atoms with Crippen molar-refractivity contribution in [3.63, 3.8) is 0 Å². The zero-order chi connectivity index (χ0) is 33.8. The first-order chi connectivity index (χ1) is 24.7. The van der Waals surface area contributed by atoms with Crippen molar-refractivity contribution in [1.29, 1.82) is 10.5 Å². The number of para-hydroxylation sites is 3. The van der Waals surface area contributed by atoms with Crippen LogP contribution in [0.4, 0.5) is 5.69 Å². The van der Waals surface area contributed by atoms with Gasteiger partial charge in [-0.1, -0.05) is 97.1 Å². The Hall–Kier alpha value is -7.39. The van der Waals surface area contributed by atoms with Gasteiger partial charge in [0.15, 0.2) is 5.69 Å². The van der Waals surface area contributed by atoms with Gasteiger partial charge >= 0.3 is 0 Å². The van der Waals surface area contributed by atoms with Crippen molar-refractivity contribution in [1.82, 2.24) is 9.13 Å². The molecule has 7 aromatic carbocycles. The first kappa shape index (κ1) is 28.8. The fourth-order valence-corrected chi connectivity index (χ4v) is 7.46. The zero-order valence-electron chi connectivity index (χ0n) is 26.7. The Balaban J connectivity index is 1.25. The molecule has 0 radical (unpaired) electrons. The van der Waals surface area contributed by atoms with Gasteiger partial charge in [0.05, 0.1) is 46.0 Å². The lowest BCUT2D eigenvalue weighted by Crippen LogP contribution is -1.99. The van der Waals surface area contributed by atoms with E-state index in [2.05, 4.69) is 80.7 Å². The van der Waals surface area contributed by atoms with E-state index in [0.29, 0.717) is 16.8 Å². The molecule has 0 amide bonds. The number of fused-ring (bicyclic) bond motifs is 6. The van der Waals surface area contributed by atoms with Crippen LogP contribution in [0.25, 0.3) is 82.1 Å². The molecule has 9 rings (SSSR count). The summed E-state index contributed by atoms with van der Waals surface area (Å²) >= 11 is 0. The van der Waals surface area contributed by atoms with Crippen LogP contribution >= 0.6 is 0 Å². The summed E-state index contributed by atoms with van der Waals surface area (Å²) in [5.41, 5.74) is 11.2. The molecule has 0 saturated carbocycles. The van der Waals surface area contributed by atoms with Gasteiger partial charge in [0.25, 0.3) is 0 Å². The molecule has 0 spiro atoms. The number of aromatic nitrogens is 2. The monoisotopic (exact) mass is 635 g/mol. The second kappa shape index (κ2) is 11.4. The maximum atomic E-state index is 10.8. The molecule has 0 unspecified atom stereocenters. The van der Waals surface area contributed by atoms with Crippen LogP contribution in [0.5, 0.6) is 0 Å². The standard InChI is InChI=1S/C45H25N5/c1-48-31-21-22-38-36-13-3-7-19-43(36)50(45(38)26-31)42-18-6-2-12-35(42)34-16-9-15-33(40(34)28-47)30-10-8-11-32(25-30)49-41-17-5-4-14-37(41)39-24-29(27-46)20-23-44(39)49/h2-26H. The van der Waals surface area contributed by atoms with Crippen LogP contribution in [-0.2, 0) is 0 Å². The predicted molar refractivity (Wildman–Crippen MR) is 202 cm³/mol. The molecule has 2 aromatic heterocycles. The third-order valence-corrected chi connectivity index (χ3v) is 9.61. The van der Waals surface area contributed by atoms with E-state index in [9.17, 15) is 10.5 Å². The summed E-state index contributed by atoms with van der Waals surface area (Å²) in [5, 5.41) is 24.7. The van der Waals surface area contributed by atoms with Gasteiger partial charge in [0, 0.05) is 49.4 Å². The van der Waals surface area contributed by atoms with E-state index in [1.54, 1.807) is 0 Å². The highest BCUT2D eigenvalue weighted by molar-refractivity contribution is 6.11. The highest BCUT2D eigenvalue weighted by atomic mass is 15.0. The lowest BCUT2D eigenvalue weighted by Gasteiger charge is -2.17. The molecule has 0 aliphatic rings. The third-order valence-electron chi connectivity index (χ3n) is 9.61. The van der Waals surface area contributed by atoms with Crippen molar-refractivity contribution in [3.8, 4) is 45.8 Å². The van der Waals surface area contributed by atoms with Gasteiger partial charge in [-0.2, -0.15) is 10.5 Å². The summed E-state index contributed by atoms with van der Waals surface area (Å²) in [4.78, 5) is 3.72. The number of rotatable bonds is 4. The van der Waals surface area contributed by atoms with E-state index >= 15 is 0 Å². The lowest BCUT2D eigenvalue weighted by atomic mass is 9.91. The summed E-state index contributed by atoms with van der Waals surface area (Å²) < 4.78 is 4.43. The molecular formula is C45H25N5. The first-order valence-electron chi connectivity index (χ1n) is 16.3. The van der Waals surface area contributed by atoms with E-state index in [-0.39, 0.29) is 0 Å². The van der Waals surface area contributed by atoms with Crippen LogP contribution in [-0.4, -0.2) is 9.13 Å². The van der Waals surface area contributed by atoms with Gasteiger partial charge in [-0.25, -0.2) is 4.85 Å². The van der Waals surface area contributed by atoms with Crippen molar-refractivity contribution < 1.29 is 0 Å². The van der Waals surface area contributed by atoms with Crippen molar-refractivity contribution in [2.45, 2.75) is 0 Å². The van der Waals surface area contributed by atoms with Crippen molar-refractivity contribution in [2.75, 3.05) is 0 Å². The summed E-state index contributed by atoms with van der Waals surface area (Å²) in [6.07, 6.45) is 0. The average molecular weight is 636 g/mol. The van der Waals surface area contributed by atoms with E-state index in [4.69, 9.17) is 6.57 Å². The predicted octanol–water partition coefficient (Wildman–Crippen LogP) is 11.5. The molecule has 0 bridgehead atoms. The second-order valence-electron chi connectivity index (χ2n) is 12.3. The Labute approximate surface area is 288 Å². The van der Waals surface area contributed by atoms with Gasteiger partial charge in [0.2, 0.25) is 0 Å². The molecule has 50 heavy (non-hydrogen) atoms. The minimum Gasteiger partial charge on any atom is -0.310 e. The number of nitrogens with zero attached hydrogens (tertiary/aromatic N) is 5. The molecule has 0 saturated heterocycles. The van der Waals surface area contributed by atoms with Crippen LogP contribution in [0.1, 0.15) is 11.1 Å². The summed E-state index contributed by atoms with van der Waals surface area (Å²) in [5.74, 6) is 0. The molecule has 5 nitrogen and oxygen atoms in total. The normalized spacial score (nSPS) is 11.1. The number of hydrogen-bond donors (Lipinski definition) is 0. The lowest BCUT2D eigenvalue weighted by molar-refractivity contribution is 1.18. The Kier molecular flexibility index (Phi) is 6.56. The SMILES string of the molecule is [C-]#[N+]c1ccc2c3ccccc3n(-c3ccccc3-c3cccc(-c4cccc(-n5c6ccccc6c6cc(C#N)ccc65)c4)c3C#N)c2c1. The first-order valence-corrected chi connectivity index (χ1v) is 16.3. The van der Waals surface area contributed by atoms with Crippen LogP contribution in [0.2, 0.25) is 0 Å². The molecule has 0 aliphatic carbocycles. The number of hydrogen-bond acceptors (Lipinski definition) is 2. The summed E-state index contributed by atoms with van der Waals surface area (Å²) in [6, 6.07) is 55.5. The highest BCUT2D eigenvalue weighted by Crippen LogP contribution is 2.41. The number of benzene rings is 7. The maximum absolute atomic E-state index is 10.8. The van der Waals surface area contributed by atoms with Crippen molar-refractivity contribution >= 4 is 49.3 Å². The molecule has 0 atom stereocenters. The zero-order valence-corrected chi connectivity index (χ0v) is 26.7. The Morgan fingerprint density at radius 2 is 1.14 bits per heavy atom. The van der Waals surface area contributed by atoms with Gasteiger partial charge in [0.1, 0.15) is 6.07 Å². The molecule has 0 aliphatic heterocycles. The highest BCUT2D eigenvalue weighted by Gasteiger charge is 2.20. The van der Waals surface area contributed by atoms with Gasteiger partial charge in [-0.3, -0.25) is 0 Å². The van der Waals surface area contributed by atoms with E-state index in [1.165, 1.54) is 0 Å². The van der Waals surface area contributed by atoms with Gasteiger partial charge < -0.3 is 9.13 Å². The van der Waals surface area contributed by atoms with Crippen LogP contribution < -0.4 is 0 Å². The fraction of sp³-hybridized carbons (Fsp3) is 0. The second-order valence-corrected chi connectivity index (χ2v) is 12.3. The van der Waals surface area contributed by atoms with Crippen molar-refractivity contribution in [2.24, 2.45) is 0 Å². The molecule has 230 valence electrons. The number of nitriles is 2. The molecule has 9 aromatic rings. The van der Waals surface area contributed by atoms with Gasteiger partial charge in [-0.15, -0.1) is 0 Å². The van der Waals surface area contributed by atoms with Crippen LogP contribution in [0.3, 0.4) is 0 Å². The fourth-order valence-electron chi connectivity index (χ4n) is 7.46. The quantitative estimate of drug-likeness (QED) is 0.181. The van der Waals surface area contributed by atoms with E-state index in [0.717, 1.165) is 77.2 Å². The van der Waals surface area contributed by atoms with Crippen LogP contribution in [0, 0.1) is 29.2 Å². The molecule has 0 fully saturated rings. The van der Waals surface area contributed by atoms with E-state index in [1.807, 2.05) is 97.1 Å². The summed E-state index contributed by atoms with van der Waals surface area (Å²) in [7, 11) is 0. The molecule has 2 heterocycles. The Bertz CT molecular complexity index is 2970. The largest absolute Gasteiger partial charge is 0.310 e. The van der Waals surface area contributed by atoms with Gasteiger partial charge in [-0.05, 0) is 60.2 Å². The van der Waals surface area contributed by atoms with E-state index < -0.39 is 0 Å². The smallest absolute Gasteiger partial charge is 0.189 e.